The van der Waals surface area contributed by atoms with Crippen LogP contribution in [0.25, 0.3) is 0 Å². The average molecular weight is 256 g/mol. The molecule has 1 rings (SSSR count). The molecule has 1 heterocycles. The van der Waals surface area contributed by atoms with Crippen LogP contribution in [-0.4, -0.2) is 51.3 Å². The van der Waals surface area contributed by atoms with E-state index >= 15 is 0 Å². The van der Waals surface area contributed by atoms with Gasteiger partial charge in [-0.3, -0.25) is 0 Å². The first-order valence-electron chi connectivity index (χ1n) is 7.49. The van der Waals surface area contributed by atoms with Crippen molar-refractivity contribution in [2.45, 2.75) is 40.0 Å². The number of ether oxygens (including phenoxy) is 1. The van der Waals surface area contributed by atoms with Gasteiger partial charge in [-0.2, -0.15) is 0 Å². The van der Waals surface area contributed by atoms with E-state index in [9.17, 15) is 0 Å². The Morgan fingerprint density at radius 3 is 2.83 bits per heavy atom. The predicted octanol–water partition coefficient (Wildman–Crippen LogP) is 2.37. The average Bonchev–Trinajstić information content (AvgIpc) is 2.29. The largest absolute Gasteiger partial charge is 0.384 e. The highest BCUT2D eigenvalue weighted by atomic mass is 16.5. The van der Waals surface area contributed by atoms with Crippen molar-refractivity contribution in [3.63, 3.8) is 0 Å². The minimum atomic E-state index is 0.365. The number of piperidine rings is 1. The molecule has 1 fully saturated rings. The van der Waals surface area contributed by atoms with Crippen molar-refractivity contribution in [1.29, 1.82) is 0 Å². The van der Waals surface area contributed by atoms with Gasteiger partial charge in [-0.05, 0) is 43.7 Å². The fourth-order valence-corrected chi connectivity index (χ4v) is 2.93. The lowest BCUT2D eigenvalue weighted by Crippen LogP contribution is -2.45. The lowest BCUT2D eigenvalue weighted by Gasteiger charge is -2.38. The van der Waals surface area contributed by atoms with Crippen LogP contribution in [0.3, 0.4) is 0 Å². The molecular formula is C15H32N2O. The van der Waals surface area contributed by atoms with Gasteiger partial charge in [0.25, 0.3) is 0 Å². The van der Waals surface area contributed by atoms with Crippen LogP contribution in [0.4, 0.5) is 0 Å². The van der Waals surface area contributed by atoms with E-state index in [1.54, 1.807) is 0 Å². The summed E-state index contributed by atoms with van der Waals surface area (Å²) < 4.78 is 5.30. The van der Waals surface area contributed by atoms with Crippen molar-refractivity contribution in [3.8, 4) is 0 Å². The van der Waals surface area contributed by atoms with Crippen LogP contribution < -0.4 is 5.32 Å². The van der Waals surface area contributed by atoms with Gasteiger partial charge in [-0.15, -0.1) is 0 Å². The summed E-state index contributed by atoms with van der Waals surface area (Å²) in [6.45, 7) is 13.8. The zero-order valence-electron chi connectivity index (χ0n) is 12.8. The molecule has 1 aliphatic rings. The molecule has 1 saturated heterocycles. The molecule has 18 heavy (non-hydrogen) atoms. The zero-order chi connectivity index (χ0) is 13.4. The second-order valence-electron chi connectivity index (χ2n) is 6.54. The molecule has 1 N–H and O–H groups in total. The summed E-state index contributed by atoms with van der Waals surface area (Å²) in [6, 6.07) is 0. The van der Waals surface area contributed by atoms with Crippen LogP contribution >= 0.6 is 0 Å². The van der Waals surface area contributed by atoms with E-state index in [0.717, 1.165) is 25.6 Å². The Bertz CT molecular complexity index is 217. The summed E-state index contributed by atoms with van der Waals surface area (Å²) in [5, 5.41) is 3.55. The molecule has 1 atom stereocenters. The highest BCUT2D eigenvalue weighted by Crippen LogP contribution is 2.22. The Labute approximate surface area is 113 Å². The summed E-state index contributed by atoms with van der Waals surface area (Å²) in [4.78, 5) is 2.63. The summed E-state index contributed by atoms with van der Waals surface area (Å²) in [7, 11) is 1.82. The molecule has 0 saturated carbocycles. The highest BCUT2D eigenvalue weighted by molar-refractivity contribution is 4.80. The van der Waals surface area contributed by atoms with Crippen LogP contribution in [0.1, 0.15) is 40.0 Å². The summed E-state index contributed by atoms with van der Waals surface area (Å²) in [6.07, 6.45) is 3.88. The van der Waals surface area contributed by atoms with E-state index in [-0.39, 0.29) is 0 Å². The van der Waals surface area contributed by atoms with Gasteiger partial charge in [0, 0.05) is 26.7 Å². The lowest BCUT2D eigenvalue weighted by molar-refractivity contribution is 0.0703. The van der Waals surface area contributed by atoms with Crippen molar-refractivity contribution in [3.05, 3.63) is 0 Å². The van der Waals surface area contributed by atoms with Crippen molar-refractivity contribution in [2.24, 2.45) is 11.3 Å². The normalized spacial score (nSPS) is 22.3. The quantitative estimate of drug-likeness (QED) is 0.675. The first kappa shape index (κ1) is 15.9. The van der Waals surface area contributed by atoms with Gasteiger partial charge in [-0.1, -0.05) is 20.8 Å². The van der Waals surface area contributed by atoms with Gasteiger partial charge < -0.3 is 15.0 Å². The van der Waals surface area contributed by atoms with E-state index in [1.165, 1.54) is 38.9 Å². The monoisotopic (exact) mass is 256 g/mol. The third-order valence-electron chi connectivity index (χ3n) is 3.69. The van der Waals surface area contributed by atoms with E-state index in [0.29, 0.717) is 5.41 Å². The Morgan fingerprint density at radius 1 is 1.39 bits per heavy atom. The maximum absolute atomic E-state index is 5.30. The topological polar surface area (TPSA) is 24.5 Å². The summed E-state index contributed by atoms with van der Waals surface area (Å²) in [5.74, 6) is 0.739. The Hall–Kier alpha value is -0.120. The smallest absolute Gasteiger partial charge is 0.0502 e. The zero-order valence-corrected chi connectivity index (χ0v) is 12.8. The maximum atomic E-state index is 5.30. The first-order chi connectivity index (χ1) is 8.57. The number of nitrogens with one attached hydrogen (secondary N) is 1. The predicted molar refractivity (Wildman–Crippen MR) is 78.0 cm³/mol. The SMILES string of the molecule is CCCNCC(C)(C)CN1CCCC(COC)C1. The highest BCUT2D eigenvalue weighted by Gasteiger charge is 2.26. The fraction of sp³-hybridized carbons (Fsp3) is 1.00. The molecule has 108 valence electrons. The first-order valence-corrected chi connectivity index (χ1v) is 7.49. The van der Waals surface area contributed by atoms with E-state index < -0.39 is 0 Å². The molecule has 3 nitrogen and oxygen atoms in total. The molecule has 0 aromatic rings. The standard InChI is InChI=1S/C15H32N2O/c1-5-8-16-12-15(2,3)13-17-9-6-7-14(10-17)11-18-4/h14,16H,5-13H2,1-4H3. The van der Waals surface area contributed by atoms with E-state index in [2.05, 4.69) is 31.0 Å². The molecular weight excluding hydrogens is 224 g/mol. The van der Waals surface area contributed by atoms with Gasteiger partial charge in [0.1, 0.15) is 0 Å². The molecule has 0 aromatic carbocycles. The van der Waals surface area contributed by atoms with Crippen LogP contribution in [0, 0.1) is 11.3 Å². The lowest BCUT2D eigenvalue weighted by atomic mass is 9.90. The fourth-order valence-electron chi connectivity index (χ4n) is 2.93. The van der Waals surface area contributed by atoms with Crippen LogP contribution in [-0.2, 0) is 4.74 Å². The minimum Gasteiger partial charge on any atom is -0.384 e. The second kappa shape index (κ2) is 8.13. The molecule has 3 heteroatoms. The van der Waals surface area contributed by atoms with Gasteiger partial charge >= 0.3 is 0 Å². The van der Waals surface area contributed by atoms with E-state index in [4.69, 9.17) is 4.74 Å². The van der Waals surface area contributed by atoms with Gasteiger partial charge in [0.15, 0.2) is 0 Å². The van der Waals surface area contributed by atoms with Crippen molar-refractivity contribution in [1.82, 2.24) is 10.2 Å². The number of hydrogen-bond acceptors (Lipinski definition) is 3. The van der Waals surface area contributed by atoms with Crippen molar-refractivity contribution in [2.75, 3.05) is 46.4 Å². The molecule has 0 aromatic heterocycles. The third-order valence-corrected chi connectivity index (χ3v) is 3.69. The number of methoxy groups -OCH3 is 1. The number of nitrogens with zero attached hydrogens (tertiary/aromatic N) is 1. The molecule has 0 bridgehead atoms. The van der Waals surface area contributed by atoms with Gasteiger partial charge in [-0.25, -0.2) is 0 Å². The number of rotatable bonds is 8. The number of hydrogen-bond donors (Lipinski definition) is 1. The molecule has 0 aliphatic carbocycles. The van der Waals surface area contributed by atoms with E-state index in [1.807, 2.05) is 7.11 Å². The van der Waals surface area contributed by atoms with Crippen molar-refractivity contribution >= 4 is 0 Å². The Kier molecular flexibility index (Phi) is 7.20. The van der Waals surface area contributed by atoms with Crippen LogP contribution in [0.15, 0.2) is 0 Å². The van der Waals surface area contributed by atoms with Crippen molar-refractivity contribution < 1.29 is 4.74 Å². The maximum Gasteiger partial charge on any atom is 0.0502 e. The van der Waals surface area contributed by atoms with Gasteiger partial charge in [0.2, 0.25) is 0 Å². The summed E-state index contributed by atoms with van der Waals surface area (Å²) >= 11 is 0. The van der Waals surface area contributed by atoms with Crippen LogP contribution in [0.2, 0.25) is 0 Å². The minimum absolute atomic E-state index is 0.365. The van der Waals surface area contributed by atoms with Gasteiger partial charge in [0.05, 0.1) is 6.61 Å². The number of likely N-dealkylation sites (tertiary alicyclic amines) is 1. The summed E-state index contributed by atoms with van der Waals surface area (Å²) in [5.41, 5.74) is 0.365. The molecule has 0 spiro atoms. The molecule has 0 radical (unpaired) electrons. The third kappa shape index (κ3) is 6.17. The Morgan fingerprint density at radius 2 is 2.17 bits per heavy atom. The molecule has 0 amide bonds. The Balaban J connectivity index is 2.30. The molecule has 1 unspecified atom stereocenters. The molecule has 1 aliphatic heterocycles. The van der Waals surface area contributed by atoms with Crippen LogP contribution in [0.5, 0.6) is 0 Å². The second-order valence-corrected chi connectivity index (χ2v) is 6.54.